The van der Waals surface area contributed by atoms with Crippen molar-refractivity contribution >= 4 is 23.1 Å². The Balaban J connectivity index is 1.87. The Bertz CT molecular complexity index is 899. The lowest BCUT2D eigenvalue weighted by molar-refractivity contribution is 0.590. The summed E-state index contributed by atoms with van der Waals surface area (Å²) in [6.07, 6.45) is 1.52. The Morgan fingerprint density at radius 2 is 1.54 bits per heavy atom. The van der Waals surface area contributed by atoms with E-state index < -0.39 is 11.6 Å². The van der Waals surface area contributed by atoms with Gasteiger partial charge in [0, 0.05) is 11.9 Å². The lowest BCUT2D eigenvalue weighted by atomic mass is 9.86. The summed E-state index contributed by atoms with van der Waals surface area (Å²) in [4.78, 5) is 8.34. The molecule has 0 aliphatic rings. The summed E-state index contributed by atoms with van der Waals surface area (Å²) in [5.74, 6) is -0.779. The fraction of sp³-hybridized carbons (Fsp3) is 0.200. The SMILES string of the molecule is CC(C)(C)c1ccccc1Nc1ccnc(Nc2c(F)cccc2F)n1. The fourth-order valence-corrected chi connectivity index (χ4v) is 2.60. The lowest BCUT2D eigenvalue weighted by Crippen LogP contribution is -2.14. The van der Waals surface area contributed by atoms with Crippen LogP contribution in [0, 0.1) is 11.6 Å². The van der Waals surface area contributed by atoms with Gasteiger partial charge in [0.1, 0.15) is 23.1 Å². The highest BCUT2D eigenvalue weighted by atomic mass is 19.1. The highest BCUT2D eigenvalue weighted by molar-refractivity contribution is 5.64. The van der Waals surface area contributed by atoms with E-state index in [0.717, 1.165) is 11.3 Å². The van der Waals surface area contributed by atoms with Crippen LogP contribution < -0.4 is 10.6 Å². The smallest absolute Gasteiger partial charge is 0.229 e. The van der Waals surface area contributed by atoms with Gasteiger partial charge >= 0.3 is 0 Å². The van der Waals surface area contributed by atoms with Crippen molar-refractivity contribution < 1.29 is 8.78 Å². The number of hydrogen-bond donors (Lipinski definition) is 2. The number of nitrogens with zero attached hydrogens (tertiary/aromatic N) is 2. The number of para-hydroxylation sites is 2. The maximum Gasteiger partial charge on any atom is 0.229 e. The molecule has 3 rings (SSSR count). The third kappa shape index (κ3) is 3.96. The average molecular weight is 354 g/mol. The minimum Gasteiger partial charge on any atom is -0.340 e. The van der Waals surface area contributed by atoms with E-state index in [0.29, 0.717) is 5.82 Å². The Morgan fingerprint density at radius 1 is 0.846 bits per heavy atom. The van der Waals surface area contributed by atoms with Crippen LogP contribution in [0.5, 0.6) is 0 Å². The molecule has 0 saturated heterocycles. The first-order valence-electron chi connectivity index (χ1n) is 8.25. The predicted molar refractivity (Wildman–Crippen MR) is 100 cm³/mol. The zero-order valence-corrected chi connectivity index (χ0v) is 14.8. The van der Waals surface area contributed by atoms with Crippen LogP contribution in [0.3, 0.4) is 0 Å². The number of anilines is 4. The van der Waals surface area contributed by atoms with Gasteiger partial charge in [0.25, 0.3) is 0 Å². The Labute approximate surface area is 151 Å². The van der Waals surface area contributed by atoms with Crippen LogP contribution in [0.15, 0.2) is 54.7 Å². The van der Waals surface area contributed by atoms with Crippen LogP contribution in [0.1, 0.15) is 26.3 Å². The van der Waals surface area contributed by atoms with Crippen LogP contribution in [0.2, 0.25) is 0 Å². The molecule has 6 heteroatoms. The summed E-state index contributed by atoms with van der Waals surface area (Å²) in [5.41, 5.74) is 1.73. The summed E-state index contributed by atoms with van der Waals surface area (Å²) >= 11 is 0. The summed E-state index contributed by atoms with van der Waals surface area (Å²) in [6.45, 7) is 6.38. The van der Waals surface area contributed by atoms with E-state index in [1.54, 1.807) is 6.07 Å². The van der Waals surface area contributed by atoms with Gasteiger partial charge in [-0.05, 0) is 35.2 Å². The Kier molecular flexibility index (Phi) is 4.84. The van der Waals surface area contributed by atoms with Crippen molar-refractivity contribution in [1.82, 2.24) is 9.97 Å². The molecule has 1 aromatic heterocycles. The number of halogens is 2. The molecule has 0 atom stereocenters. The number of benzene rings is 2. The maximum atomic E-state index is 13.8. The molecular formula is C20H20F2N4. The Morgan fingerprint density at radius 3 is 2.23 bits per heavy atom. The molecule has 3 aromatic rings. The standard InChI is InChI=1S/C20H20F2N4/c1-20(2,3)13-7-4-5-10-16(13)24-17-11-12-23-19(25-17)26-18-14(21)8-6-9-15(18)22/h4-12H,1-3H3,(H2,23,24,25,26). The molecule has 26 heavy (non-hydrogen) atoms. The molecule has 4 nitrogen and oxygen atoms in total. The normalized spacial score (nSPS) is 11.3. The van der Waals surface area contributed by atoms with Gasteiger partial charge in [-0.1, -0.05) is 45.0 Å². The monoisotopic (exact) mass is 354 g/mol. The molecule has 134 valence electrons. The molecule has 2 N–H and O–H groups in total. The van der Waals surface area contributed by atoms with E-state index in [1.165, 1.54) is 24.4 Å². The fourth-order valence-electron chi connectivity index (χ4n) is 2.60. The first-order valence-corrected chi connectivity index (χ1v) is 8.25. The minimum absolute atomic E-state index is 0.0476. The van der Waals surface area contributed by atoms with Crippen molar-refractivity contribution in [2.45, 2.75) is 26.2 Å². The molecule has 0 spiro atoms. The highest BCUT2D eigenvalue weighted by Gasteiger charge is 2.18. The van der Waals surface area contributed by atoms with Gasteiger partial charge in [-0.2, -0.15) is 4.98 Å². The number of aromatic nitrogens is 2. The topological polar surface area (TPSA) is 49.8 Å². The first kappa shape index (κ1) is 17.8. The van der Waals surface area contributed by atoms with Gasteiger partial charge < -0.3 is 10.6 Å². The molecule has 1 heterocycles. The molecule has 0 aliphatic heterocycles. The summed E-state index contributed by atoms with van der Waals surface area (Å²) < 4.78 is 27.6. The quantitative estimate of drug-likeness (QED) is 0.646. The van der Waals surface area contributed by atoms with Crippen molar-refractivity contribution in [3.8, 4) is 0 Å². The summed E-state index contributed by atoms with van der Waals surface area (Å²) in [5, 5.41) is 5.86. The van der Waals surface area contributed by atoms with Crippen LogP contribution in [-0.4, -0.2) is 9.97 Å². The molecule has 0 fully saturated rings. The van der Waals surface area contributed by atoms with E-state index in [2.05, 4.69) is 47.4 Å². The largest absolute Gasteiger partial charge is 0.340 e. The minimum atomic E-state index is -0.704. The maximum absolute atomic E-state index is 13.8. The van der Waals surface area contributed by atoms with Crippen molar-refractivity contribution in [2.24, 2.45) is 0 Å². The molecule has 0 unspecified atom stereocenters. The van der Waals surface area contributed by atoms with Gasteiger partial charge in [0.2, 0.25) is 5.95 Å². The highest BCUT2D eigenvalue weighted by Crippen LogP contribution is 2.31. The van der Waals surface area contributed by atoms with Gasteiger partial charge in [-0.25, -0.2) is 13.8 Å². The van der Waals surface area contributed by atoms with Crippen LogP contribution in [-0.2, 0) is 5.41 Å². The number of nitrogens with one attached hydrogen (secondary N) is 2. The molecule has 2 aromatic carbocycles. The van der Waals surface area contributed by atoms with E-state index in [1.807, 2.05) is 18.2 Å². The van der Waals surface area contributed by atoms with Crippen LogP contribution >= 0.6 is 0 Å². The Hall–Kier alpha value is -3.02. The van der Waals surface area contributed by atoms with Crippen molar-refractivity contribution in [1.29, 1.82) is 0 Å². The second kappa shape index (κ2) is 7.07. The van der Waals surface area contributed by atoms with Crippen LogP contribution in [0.25, 0.3) is 0 Å². The second-order valence-electron chi connectivity index (χ2n) is 6.91. The summed E-state index contributed by atoms with van der Waals surface area (Å²) in [6, 6.07) is 13.3. The average Bonchev–Trinajstić information content (AvgIpc) is 2.58. The number of hydrogen-bond acceptors (Lipinski definition) is 4. The first-order chi connectivity index (χ1) is 12.3. The zero-order chi connectivity index (χ0) is 18.7. The predicted octanol–water partition coefficient (Wildman–Crippen LogP) is 5.54. The third-order valence-corrected chi connectivity index (χ3v) is 3.85. The van der Waals surface area contributed by atoms with Crippen molar-refractivity contribution in [2.75, 3.05) is 10.6 Å². The van der Waals surface area contributed by atoms with Gasteiger partial charge in [0.05, 0.1) is 0 Å². The van der Waals surface area contributed by atoms with Gasteiger partial charge in [0.15, 0.2) is 0 Å². The molecular weight excluding hydrogens is 334 g/mol. The van der Waals surface area contributed by atoms with Crippen molar-refractivity contribution in [3.63, 3.8) is 0 Å². The van der Waals surface area contributed by atoms with E-state index in [-0.39, 0.29) is 17.1 Å². The van der Waals surface area contributed by atoms with Gasteiger partial charge in [-0.15, -0.1) is 0 Å². The van der Waals surface area contributed by atoms with Gasteiger partial charge in [-0.3, -0.25) is 0 Å². The molecule has 0 aliphatic carbocycles. The molecule has 0 radical (unpaired) electrons. The third-order valence-electron chi connectivity index (χ3n) is 3.85. The molecule has 0 amide bonds. The second-order valence-corrected chi connectivity index (χ2v) is 6.91. The summed E-state index contributed by atoms with van der Waals surface area (Å²) in [7, 11) is 0. The van der Waals surface area contributed by atoms with E-state index >= 15 is 0 Å². The molecule has 0 bridgehead atoms. The molecule has 0 saturated carbocycles. The van der Waals surface area contributed by atoms with Crippen molar-refractivity contribution in [3.05, 3.63) is 71.9 Å². The van der Waals surface area contributed by atoms with Crippen LogP contribution in [0.4, 0.5) is 31.9 Å². The van der Waals surface area contributed by atoms with E-state index in [4.69, 9.17) is 0 Å². The number of rotatable bonds is 4. The lowest BCUT2D eigenvalue weighted by Gasteiger charge is -2.23. The van der Waals surface area contributed by atoms with E-state index in [9.17, 15) is 8.78 Å². The zero-order valence-electron chi connectivity index (χ0n) is 14.8.